The predicted octanol–water partition coefficient (Wildman–Crippen LogP) is 1.71. The maximum Gasteiger partial charge on any atom is 0.303 e. The van der Waals surface area contributed by atoms with Crippen molar-refractivity contribution in [3.05, 3.63) is 35.9 Å². The minimum Gasteiger partial charge on any atom is -0.481 e. The van der Waals surface area contributed by atoms with Crippen LogP contribution in [0.25, 0.3) is 0 Å². The van der Waals surface area contributed by atoms with E-state index in [-0.39, 0.29) is 36.0 Å². The van der Waals surface area contributed by atoms with Gasteiger partial charge in [0.1, 0.15) is 0 Å². The van der Waals surface area contributed by atoms with Crippen molar-refractivity contribution in [2.24, 2.45) is 0 Å². The molecule has 0 aliphatic rings. The largest absolute Gasteiger partial charge is 0.481 e. The summed E-state index contributed by atoms with van der Waals surface area (Å²) < 4.78 is 0. The van der Waals surface area contributed by atoms with Crippen molar-refractivity contribution in [3.8, 4) is 0 Å². The molecular weight excluding hydrogens is 175 g/mol. The average Bonchev–Trinajstić information content (AvgIpc) is 2.05. The van der Waals surface area contributed by atoms with Gasteiger partial charge in [-0.25, -0.2) is 0 Å². The number of benzene rings is 1. The molecule has 0 bridgehead atoms. The molecule has 3 heteroatoms. The number of hydrogen-bond acceptors (Lipinski definition) is 1. The summed E-state index contributed by atoms with van der Waals surface area (Å²) >= 11 is 0. The predicted molar refractivity (Wildman–Crippen MR) is 52.8 cm³/mol. The van der Waals surface area contributed by atoms with Gasteiger partial charge in [0, 0.05) is 36.0 Å². The molecule has 0 saturated heterocycles. The van der Waals surface area contributed by atoms with Gasteiger partial charge in [0.15, 0.2) is 0 Å². The summed E-state index contributed by atoms with van der Waals surface area (Å²) in [6.45, 7) is 0. The van der Waals surface area contributed by atoms with Crippen LogP contribution in [0.4, 0.5) is 0 Å². The van der Waals surface area contributed by atoms with E-state index in [1.807, 2.05) is 30.3 Å². The molecule has 2 nitrogen and oxygen atoms in total. The Bertz CT molecular complexity index is 246. The van der Waals surface area contributed by atoms with Crippen molar-refractivity contribution in [2.45, 2.75) is 19.3 Å². The Kier molecular flexibility index (Phi) is 6.96. The van der Waals surface area contributed by atoms with Crippen LogP contribution in [0, 0.1) is 0 Å². The molecule has 0 atom stereocenters. The fourth-order valence-electron chi connectivity index (χ4n) is 1.09. The maximum absolute atomic E-state index is 10.2. The Hall–Kier alpha value is -0.310. The molecule has 0 spiro atoms. The SMILES string of the molecule is O=C(O)CCCc1ccccc1.[Na]. The molecule has 0 unspecified atom stereocenters. The van der Waals surface area contributed by atoms with E-state index in [1.165, 1.54) is 5.56 Å². The Morgan fingerprint density at radius 1 is 1.23 bits per heavy atom. The molecule has 1 N–H and O–H groups in total. The number of aliphatic carboxylic acids is 1. The Morgan fingerprint density at radius 2 is 1.85 bits per heavy atom. The minimum atomic E-state index is -0.717. The third-order valence-electron chi connectivity index (χ3n) is 1.70. The fraction of sp³-hybridized carbons (Fsp3) is 0.300. The molecule has 0 saturated carbocycles. The summed E-state index contributed by atoms with van der Waals surface area (Å²) in [5.74, 6) is -0.717. The van der Waals surface area contributed by atoms with E-state index < -0.39 is 5.97 Å². The summed E-state index contributed by atoms with van der Waals surface area (Å²) in [6, 6.07) is 9.93. The summed E-state index contributed by atoms with van der Waals surface area (Å²) in [4.78, 5) is 10.2. The van der Waals surface area contributed by atoms with Gasteiger partial charge in [-0.05, 0) is 18.4 Å². The van der Waals surface area contributed by atoms with Gasteiger partial charge in [-0.1, -0.05) is 30.3 Å². The van der Waals surface area contributed by atoms with Gasteiger partial charge >= 0.3 is 5.97 Å². The van der Waals surface area contributed by atoms with Crippen LogP contribution in [0.2, 0.25) is 0 Å². The molecule has 0 fully saturated rings. The molecule has 1 radical (unpaired) electrons. The standard InChI is InChI=1S/C10H12O2.Na/c11-10(12)8-4-7-9-5-2-1-3-6-9;/h1-3,5-6H,4,7-8H2,(H,11,12);. The Balaban J connectivity index is 0.00000144. The number of carboxylic acid groups (broad SMARTS) is 1. The second-order valence-corrected chi connectivity index (χ2v) is 2.73. The number of carboxylic acids is 1. The zero-order valence-electron chi connectivity index (χ0n) is 7.86. The van der Waals surface area contributed by atoms with Crippen molar-refractivity contribution in [1.29, 1.82) is 0 Å². The maximum atomic E-state index is 10.2. The molecule has 0 heterocycles. The first-order valence-corrected chi connectivity index (χ1v) is 4.05. The second kappa shape index (κ2) is 7.13. The van der Waals surface area contributed by atoms with Crippen LogP contribution in [0.1, 0.15) is 18.4 Å². The van der Waals surface area contributed by atoms with Crippen molar-refractivity contribution in [1.82, 2.24) is 0 Å². The molecule has 0 aromatic heterocycles. The number of aryl methyl sites for hydroxylation is 1. The van der Waals surface area contributed by atoms with Gasteiger partial charge in [-0.3, -0.25) is 4.79 Å². The van der Waals surface area contributed by atoms with Crippen molar-refractivity contribution < 1.29 is 9.90 Å². The van der Waals surface area contributed by atoms with Crippen LogP contribution in [-0.2, 0) is 11.2 Å². The van der Waals surface area contributed by atoms with E-state index in [9.17, 15) is 4.79 Å². The monoisotopic (exact) mass is 187 g/mol. The quantitative estimate of drug-likeness (QED) is 0.728. The summed E-state index contributed by atoms with van der Waals surface area (Å²) in [6.07, 6.45) is 1.83. The van der Waals surface area contributed by atoms with Gasteiger partial charge < -0.3 is 5.11 Å². The van der Waals surface area contributed by atoms with E-state index >= 15 is 0 Å². The van der Waals surface area contributed by atoms with Crippen molar-refractivity contribution in [3.63, 3.8) is 0 Å². The third kappa shape index (κ3) is 5.86. The molecule has 65 valence electrons. The van der Waals surface area contributed by atoms with Crippen LogP contribution in [-0.4, -0.2) is 40.6 Å². The van der Waals surface area contributed by atoms with Gasteiger partial charge in [0.2, 0.25) is 0 Å². The van der Waals surface area contributed by atoms with Crippen LogP contribution in [0.5, 0.6) is 0 Å². The van der Waals surface area contributed by atoms with Crippen molar-refractivity contribution >= 4 is 35.5 Å². The van der Waals surface area contributed by atoms with Crippen LogP contribution >= 0.6 is 0 Å². The summed E-state index contributed by atoms with van der Waals surface area (Å²) in [5, 5.41) is 8.39. The molecule has 0 aliphatic heterocycles. The van der Waals surface area contributed by atoms with Gasteiger partial charge in [0.25, 0.3) is 0 Å². The second-order valence-electron chi connectivity index (χ2n) is 2.73. The Labute approximate surface area is 100 Å². The molecule has 1 aromatic rings. The van der Waals surface area contributed by atoms with E-state index in [2.05, 4.69) is 0 Å². The average molecular weight is 187 g/mol. The molecule has 0 amide bonds. The van der Waals surface area contributed by atoms with E-state index in [0.717, 1.165) is 12.8 Å². The summed E-state index contributed by atoms with van der Waals surface area (Å²) in [5.41, 5.74) is 1.21. The van der Waals surface area contributed by atoms with E-state index in [1.54, 1.807) is 0 Å². The van der Waals surface area contributed by atoms with Crippen LogP contribution in [0.15, 0.2) is 30.3 Å². The summed E-state index contributed by atoms with van der Waals surface area (Å²) in [7, 11) is 0. The molecule has 13 heavy (non-hydrogen) atoms. The van der Waals surface area contributed by atoms with E-state index in [0.29, 0.717) is 0 Å². The first kappa shape index (κ1) is 12.7. The van der Waals surface area contributed by atoms with Crippen molar-refractivity contribution in [2.75, 3.05) is 0 Å². The van der Waals surface area contributed by atoms with Gasteiger partial charge in [0.05, 0.1) is 0 Å². The molecule has 1 rings (SSSR count). The minimum absolute atomic E-state index is 0. The molecular formula is C10H12NaO2. The first-order valence-electron chi connectivity index (χ1n) is 4.05. The van der Waals surface area contributed by atoms with Crippen LogP contribution in [0.3, 0.4) is 0 Å². The topological polar surface area (TPSA) is 37.3 Å². The number of hydrogen-bond donors (Lipinski definition) is 1. The molecule has 1 aromatic carbocycles. The van der Waals surface area contributed by atoms with Crippen LogP contribution < -0.4 is 0 Å². The third-order valence-corrected chi connectivity index (χ3v) is 1.70. The van der Waals surface area contributed by atoms with E-state index in [4.69, 9.17) is 5.11 Å². The fourth-order valence-corrected chi connectivity index (χ4v) is 1.09. The zero-order valence-corrected chi connectivity index (χ0v) is 9.86. The molecule has 0 aliphatic carbocycles. The zero-order chi connectivity index (χ0) is 8.81. The first-order chi connectivity index (χ1) is 5.79. The van der Waals surface area contributed by atoms with Gasteiger partial charge in [-0.15, -0.1) is 0 Å². The number of rotatable bonds is 4. The van der Waals surface area contributed by atoms with Gasteiger partial charge in [-0.2, -0.15) is 0 Å². The normalized spacial score (nSPS) is 8.92. The Morgan fingerprint density at radius 3 is 2.38 bits per heavy atom. The smallest absolute Gasteiger partial charge is 0.303 e. The number of carbonyl (C=O) groups is 1.